The largest absolute Gasteiger partial charge is 0.481 e. The molecule has 0 atom stereocenters. The third-order valence-electron chi connectivity index (χ3n) is 4.22. The predicted octanol–water partition coefficient (Wildman–Crippen LogP) is 6.50. The average Bonchev–Trinajstić information content (AvgIpc) is 2.58. The Morgan fingerprint density at radius 3 is 1.23 bits per heavy atom. The Hall–Kier alpha value is -0.433. The van der Waals surface area contributed by atoms with Gasteiger partial charge in [0.2, 0.25) is 0 Å². The molecule has 0 saturated carbocycles. The summed E-state index contributed by atoms with van der Waals surface area (Å²) in [5.41, 5.74) is 0. The SMILES string of the molecule is CCCCCCCCCCCCCCCCCC(=O)O.C[Si](C)(O)OO. The molecule has 0 aromatic heterocycles. The van der Waals surface area contributed by atoms with Gasteiger partial charge in [-0.2, -0.15) is 0 Å². The van der Waals surface area contributed by atoms with Gasteiger partial charge in [0, 0.05) is 6.42 Å². The first-order valence-electron chi connectivity index (χ1n) is 10.6. The van der Waals surface area contributed by atoms with Crippen LogP contribution < -0.4 is 0 Å². The highest BCUT2D eigenvalue weighted by atomic mass is 28.4. The third kappa shape index (κ3) is 31.3. The van der Waals surface area contributed by atoms with Gasteiger partial charge in [0.05, 0.1) is 0 Å². The van der Waals surface area contributed by atoms with Crippen LogP contribution in [-0.4, -0.2) is 29.7 Å². The minimum atomic E-state index is -2.58. The van der Waals surface area contributed by atoms with E-state index in [1.54, 1.807) is 0 Å². The second-order valence-electron chi connectivity index (χ2n) is 7.63. The lowest BCUT2D eigenvalue weighted by Crippen LogP contribution is -2.27. The van der Waals surface area contributed by atoms with Crippen LogP contribution in [-0.2, 0) is 9.37 Å². The molecule has 6 heteroatoms. The summed E-state index contributed by atoms with van der Waals surface area (Å²) in [6.07, 6.45) is 20.2. The molecule has 0 heterocycles. The fraction of sp³-hybridized carbons (Fsp3) is 0.950. The maximum Gasteiger partial charge on any atom is 0.366 e. The highest BCUT2D eigenvalue weighted by Gasteiger charge is 2.17. The van der Waals surface area contributed by atoms with Crippen LogP contribution in [0, 0.1) is 0 Å². The molecule has 26 heavy (non-hydrogen) atoms. The lowest BCUT2D eigenvalue weighted by Gasteiger charge is -2.04. The van der Waals surface area contributed by atoms with Crippen molar-refractivity contribution in [1.82, 2.24) is 0 Å². The van der Waals surface area contributed by atoms with E-state index in [4.69, 9.17) is 15.2 Å². The van der Waals surface area contributed by atoms with E-state index in [2.05, 4.69) is 11.5 Å². The second-order valence-corrected chi connectivity index (χ2v) is 10.7. The van der Waals surface area contributed by atoms with Gasteiger partial charge in [0.15, 0.2) is 0 Å². The Bertz CT molecular complexity index is 292. The second kappa shape index (κ2) is 20.9. The number of hydrogen-bond donors (Lipinski definition) is 3. The van der Waals surface area contributed by atoms with E-state index in [0.29, 0.717) is 6.42 Å². The van der Waals surface area contributed by atoms with Crippen LogP contribution in [0.5, 0.6) is 0 Å². The Balaban J connectivity index is 0. The first kappa shape index (κ1) is 27.8. The molecule has 0 fully saturated rings. The van der Waals surface area contributed by atoms with Gasteiger partial charge in [-0.05, 0) is 19.5 Å². The molecule has 0 amide bonds. The highest BCUT2D eigenvalue weighted by Crippen LogP contribution is 2.13. The Morgan fingerprint density at radius 1 is 0.731 bits per heavy atom. The smallest absolute Gasteiger partial charge is 0.366 e. The van der Waals surface area contributed by atoms with Crippen LogP contribution in [0.25, 0.3) is 0 Å². The van der Waals surface area contributed by atoms with Gasteiger partial charge < -0.3 is 9.90 Å². The molecule has 0 unspecified atom stereocenters. The van der Waals surface area contributed by atoms with E-state index in [-0.39, 0.29) is 0 Å². The van der Waals surface area contributed by atoms with Crippen LogP contribution >= 0.6 is 0 Å². The van der Waals surface area contributed by atoms with Crippen molar-refractivity contribution in [1.29, 1.82) is 0 Å². The van der Waals surface area contributed by atoms with E-state index in [0.717, 1.165) is 12.8 Å². The average molecular weight is 393 g/mol. The molecule has 0 saturated heterocycles. The number of carbonyl (C=O) groups is 1. The van der Waals surface area contributed by atoms with Crippen LogP contribution in [0.1, 0.15) is 110 Å². The van der Waals surface area contributed by atoms with Gasteiger partial charge in [-0.15, -0.1) is 0 Å². The first-order valence-corrected chi connectivity index (χ1v) is 13.5. The summed E-state index contributed by atoms with van der Waals surface area (Å²) in [6, 6.07) is 0. The van der Waals surface area contributed by atoms with Gasteiger partial charge in [-0.1, -0.05) is 96.8 Å². The number of aliphatic carboxylic acids is 1. The minimum absolute atomic E-state index is 0.345. The van der Waals surface area contributed by atoms with E-state index in [1.807, 2.05) is 0 Å². The molecular formula is C20H44O5Si. The van der Waals surface area contributed by atoms with E-state index in [9.17, 15) is 4.79 Å². The summed E-state index contributed by atoms with van der Waals surface area (Å²) >= 11 is 0. The molecule has 0 aliphatic heterocycles. The fourth-order valence-electron chi connectivity index (χ4n) is 2.65. The molecule has 158 valence electrons. The summed E-state index contributed by atoms with van der Waals surface area (Å²) in [5, 5.41) is 16.2. The Kier molecular flexibility index (Phi) is 22.3. The maximum absolute atomic E-state index is 10.3. The number of hydrogen-bond acceptors (Lipinski definition) is 4. The fourth-order valence-corrected chi connectivity index (χ4v) is 2.65. The van der Waals surface area contributed by atoms with Crippen molar-refractivity contribution in [3.05, 3.63) is 0 Å². The minimum Gasteiger partial charge on any atom is -0.481 e. The zero-order chi connectivity index (χ0) is 20.1. The quantitative estimate of drug-likeness (QED) is 0.114. The molecule has 0 aromatic rings. The van der Waals surface area contributed by atoms with Crippen molar-refractivity contribution in [2.24, 2.45) is 0 Å². The number of carboxylic acids is 1. The molecule has 0 rings (SSSR count). The van der Waals surface area contributed by atoms with Crippen molar-refractivity contribution >= 4 is 14.5 Å². The Labute approximate surface area is 162 Å². The molecule has 0 aliphatic carbocycles. The first-order chi connectivity index (χ1) is 12.3. The van der Waals surface area contributed by atoms with Crippen LogP contribution in [0.4, 0.5) is 0 Å². The predicted molar refractivity (Wildman–Crippen MR) is 111 cm³/mol. The lowest BCUT2D eigenvalue weighted by molar-refractivity contribution is -0.164. The van der Waals surface area contributed by atoms with Gasteiger partial charge in [-0.3, -0.25) is 14.6 Å². The van der Waals surface area contributed by atoms with Crippen molar-refractivity contribution in [2.45, 2.75) is 123 Å². The Morgan fingerprint density at radius 2 is 1.00 bits per heavy atom. The third-order valence-corrected chi connectivity index (χ3v) is 4.66. The van der Waals surface area contributed by atoms with Gasteiger partial charge >= 0.3 is 14.5 Å². The van der Waals surface area contributed by atoms with Crippen molar-refractivity contribution < 1.29 is 24.5 Å². The molecule has 5 nitrogen and oxygen atoms in total. The maximum atomic E-state index is 10.3. The van der Waals surface area contributed by atoms with E-state index < -0.39 is 14.5 Å². The van der Waals surface area contributed by atoms with Gasteiger partial charge in [0.25, 0.3) is 0 Å². The molecule has 0 bridgehead atoms. The molecule has 0 spiro atoms. The summed E-state index contributed by atoms with van der Waals surface area (Å²) in [6.45, 7) is 5.20. The van der Waals surface area contributed by atoms with Crippen molar-refractivity contribution in [3.63, 3.8) is 0 Å². The number of unbranched alkanes of at least 4 members (excludes halogenated alkanes) is 14. The van der Waals surface area contributed by atoms with Crippen molar-refractivity contribution in [2.75, 3.05) is 0 Å². The lowest BCUT2D eigenvalue weighted by atomic mass is 10.0. The monoisotopic (exact) mass is 392 g/mol. The molecular weight excluding hydrogens is 348 g/mol. The summed E-state index contributed by atoms with van der Waals surface area (Å²) < 4.78 is 3.63. The van der Waals surface area contributed by atoms with E-state index >= 15 is 0 Å². The van der Waals surface area contributed by atoms with Gasteiger partial charge in [0.1, 0.15) is 0 Å². The zero-order valence-electron chi connectivity index (χ0n) is 17.5. The highest BCUT2D eigenvalue weighted by molar-refractivity contribution is 6.62. The molecule has 3 N–H and O–H groups in total. The molecule has 0 aliphatic rings. The van der Waals surface area contributed by atoms with Crippen LogP contribution in [0.3, 0.4) is 0 Å². The van der Waals surface area contributed by atoms with Crippen molar-refractivity contribution in [3.8, 4) is 0 Å². The summed E-state index contributed by atoms with van der Waals surface area (Å²) in [4.78, 5) is 18.8. The zero-order valence-corrected chi connectivity index (χ0v) is 18.5. The number of carboxylic acid groups (broad SMARTS) is 1. The standard InChI is InChI=1S/C18H36O2.C2H8O3Si/c1-2-3-4-5-6-7-8-9-10-11-12-13-14-15-16-17-18(19)20;1-6(2,4)5-3/h2-17H2,1H3,(H,19,20);3-4H,1-2H3. The van der Waals surface area contributed by atoms with Crippen LogP contribution in [0.15, 0.2) is 0 Å². The summed E-state index contributed by atoms with van der Waals surface area (Å²) in [7, 11) is -2.58. The number of rotatable bonds is 17. The topological polar surface area (TPSA) is 87.0 Å². The normalized spacial score (nSPS) is 11.1. The molecule has 0 aromatic carbocycles. The molecule has 0 radical (unpaired) electrons. The van der Waals surface area contributed by atoms with Crippen LogP contribution in [0.2, 0.25) is 13.1 Å². The van der Waals surface area contributed by atoms with Gasteiger partial charge in [-0.25, -0.2) is 0 Å². The van der Waals surface area contributed by atoms with E-state index in [1.165, 1.54) is 96.6 Å². The summed E-state index contributed by atoms with van der Waals surface area (Å²) in [5.74, 6) is -0.653.